The summed E-state index contributed by atoms with van der Waals surface area (Å²) in [5.41, 5.74) is 2.90. The van der Waals surface area contributed by atoms with Crippen molar-refractivity contribution in [1.82, 2.24) is 5.32 Å². The molecule has 114 valence electrons. The fraction of sp³-hybridized carbons (Fsp3) is 0.444. The average molecular weight is 366 g/mol. The first-order valence-electron chi connectivity index (χ1n) is 7.38. The van der Waals surface area contributed by atoms with Gasteiger partial charge in [0.1, 0.15) is 0 Å². The maximum absolute atomic E-state index is 3.66. The number of thiophene rings is 1. The first kappa shape index (κ1) is 16.7. The number of hydrogen-bond acceptors (Lipinski definition) is 2. The van der Waals surface area contributed by atoms with Crippen molar-refractivity contribution in [3.05, 3.63) is 56.2 Å². The van der Waals surface area contributed by atoms with Crippen LogP contribution < -0.4 is 5.32 Å². The Hall–Kier alpha value is -0.640. The third kappa shape index (κ3) is 5.24. The van der Waals surface area contributed by atoms with E-state index in [4.69, 9.17) is 0 Å². The van der Waals surface area contributed by atoms with E-state index in [1.165, 1.54) is 20.5 Å². The van der Waals surface area contributed by atoms with Crippen LogP contribution >= 0.6 is 27.3 Å². The summed E-state index contributed by atoms with van der Waals surface area (Å²) in [6, 6.07) is 11.0. The van der Waals surface area contributed by atoms with Gasteiger partial charge in [-0.2, -0.15) is 0 Å². The Bertz CT molecular complexity index is 583. The quantitative estimate of drug-likeness (QED) is 0.733. The molecule has 1 heterocycles. The average Bonchev–Trinajstić information content (AvgIpc) is 2.79. The maximum atomic E-state index is 3.66. The molecule has 0 saturated carbocycles. The molecule has 0 aliphatic heterocycles. The van der Waals surface area contributed by atoms with Gasteiger partial charge in [-0.1, -0.05) is 29.8 Å². The van der Waals surface area contributed by atoms with E-state index in [1.54, 1.807) is 0 Å². The molecular formula is C18H24BrNS. The van der Waals surface area contributed by atoms with Crippen LogP contribution in [0.5, 0.6) is 0 Å². The molecule has 1 atom stereocenters. The van der Waals surface area contributed by atoms with Crippen LogP contribution in [-0.2, 0) is 6.42 Å². The molecule has 21 heavy (non-hydrogen) atoms. The van der Waals surface area contributed by atoms with E-state index in [1.807, 2.05) is 11.3 Å². The van der Waals surface area contributed by atoms with Crippen LogP contribution in [0.25, 0.3) is 0 Å². The predicted molar refractivity (Wildman–Crippen MR) is 97.4 cm³/mol. The summed E-state index contributed by atoms with van der Waals surface area (Å²) in [5.74, 6) is 0.499. The zero-order valence-electron chi connectivity index (χ0n) is 13.2. The smallest absolute Gasteiger partial charge is 0.0314 e. The summed E-state index contributed by atoms with van der Waals surface area (Å²) in [5, 5.41) is 5.82. The summed E-state index contributed by atoms with van der Waals surface area (Å²) >= 11 is 5.50. The normalized spacial score (nSPS) is 13.4. The largest absolute Gasteiger partial charge is 0.311 e. The van der Waals surface area contributed by atoms with Crippen molar-refractivity contribution >= 4 is 27.3 Å². The second-order valence-electron chi connectivity index (χ2n) is 6.64. The highest BCUT2D eigenvalue weighted by Gasteiger charge is 2.18. The molecular weight excluding hydrogens is 342 g/mol. The number of benzene rings is 1. The van der Waals surface area contributed by atoms with E-state index in [9.17, 15) is 0 Å². The summed E-state index contributed by atoms with van der Waals surface area (Å²) < 4.78 is 1.24. The van der Waals surface area contributed by atoms with Crippen LogP contribution in [0.1, 0.15) is 42.7 Å². The fourth-order valence-electron chi connectivity index (χ4n) is 2.36. The minimum atomic E-state index is 0.148. The van der Waals surface area contributed by atoms with Gasteiger partial charge in [-0.15, -0.1) is 11.3 Å². The summed E-state index contributed by atoms with van der Waals surface area (Å²) in [4.78, 5) is 1.43. The molecule has 1 nitrogen and oxygen atoms in total. The SMILES string of the molecule is Cc1cccc(C(CNC(C)(C)C)Cc2sccc2Br)c1. The van der Waals surface area contributed by atoms with Crippen LogP contribution in [0.2, 0.25) is 0 Å². The molecule has 0 amide bonds. The van der Waals surface area contributed by atoms with E-state index < -0.39 is 0 Å². The predicted octanol–water partition coefficient (Wildman–Crippen LogP) is 5.53. The molecule has 0 bridgehead atoms. The molecule has 2 aromatic rings. The van der Waals surface area contributed by atoms with Crippen molar-refractivity contribution in [2.24, 2.45) is 0 Å². The van der Waals surface area contributed by atoms with Gasteiger partial charge < -0.3 is 5.32 Å². The molecule has 1 N–H and O–H groups in total. The van der Waals surface area contributed by atoms with Crippen molar-refractivity contribution in [3.8, 4) is 0 Å². The minimum absolute atomic E-state index is 0.148. The molecule has 0 aliphatic carbocycles. The first-order valence-corrected chi connectivity index (χ1v) is 9.06. The maximum Gasteiger partial charge on any atom is 0.0314 e. The van der Waals surface area contributed by atoms with E-state index in [2.05, 4.69) is 84.7 Å². The third-order valence-electron chi connectivity index (χ3n) is 3.52. The van der Waals surface area contributed by atoms with Crippen LogP contribution in [0.3, 0.4) is 0 Å². The van der Waals surface area contributed by atoms with E-state index >= 15 is 0 Å². The highest BCUT2D eigenvalue weighted by Crippen LogP contribution is 2.29. The standard InChI is InChI=1S/C18H24BrNS/c1-13-6-5-7-14(10-13)15(12-20-18(2,3)4)11-17-16(19)8-9-21-17/h5-10,15,20H,11-12H2,1-4H3. The highest BCUT2D eigenvalue weighted by molar-refractivity contribution is 9.10. The Morgan fingerprint density at radius 2 is 2.00 bits per heavy atom. The van der Waals surface area contributed by atoms with Gasteiger partial charge in [0.25, 0.3) is 0 Å². The number of rotatable bonds is 5. The number of halogens is 1. The summed E-state index contributed by atoms with van der Waals surface area (Å²) in [6.45, 7) is 9.83. The molecule has 1 aromatic heterocycles. The Kier molecular flexibility index (Phi) is 5.64. The molecule has 0 radical (unpaired) electrons. The number of aryl methyl sites for hydroxylation is 1. The second-order valence-corrected chi connectivity index (χ2v) is 8.49. The van der Waals surface area contributed by atoms with Gasteiger partial charge in [0, 0.05) is 27.4 Å². The van der Waals surface area contributed by atoms with Crippen molar-refractivity contribution in [2.75, 3.05) is 6.54 Å². The summed E-state index contributed by atoms with van der Waals surface area (Å²) in [7, 11) is 0. The lowest BCUT2D eigenvalue weighted by Gasteiger charge is -2.26. The van der Waals surface area contributed by atoms with Crippen LogP contribution in [-0.4, -0.2) is 12.1 Å². The van der Waals surface area contributed by atoms with Crippen LogP contribution in [0, 0.1) is 6.92 Å². The third-order valence-corrected chi connectivity index (χ3v) is 5.46. The van der Waals surface area contributed by atoms with E-state index in [-0.39, 0.29) is 5.54 Å². The topological polar surface area (TPSA) is 12.0 Å². The lowest BCUT2D eigenvalue weighted by molar-refractivity contribution is 0.405. The Balaban J connectivity index is 2.19. The molecule has 1 unspecified atom stereocenters. The van der Waals surface area contributed by atoms with Gasteiger partial charge in [-0.25, -0.2) is 0 Å². The zero-order chi connectivity index (χ0) is 15.5. The Morgan fingerprint density at radius 3 is 2.57 bits per heavy atom. The van der Waals surface area contributed by atoms with Crippen LogP contribution in [0.4, 0.5) is 0 Å². The molecule has 0 fully saturated rings. The lowest BCUT2D eigenvalue weighted by Crippen LogP contribution is -2.39. The van der Waals surface area contributed by atoms with Crippen molar-refractivity contribution < 1.29 is 0 Å². The highest BCUT2D eigenvalue weighted by atomic mass is 79.9. The Morgan fingerprint density at radius 1 is 1.24 bits per heavy atom. The van der Waals surface area contributed by atoms with Gasteiger partial charge >= 0.3 is 0 Å². The molecule has 2 rings (SSSR count). The molecule has 1 aromatic carbocycles. The van der Waals surface area contributed by atoms with Crippen molar-refractivity contribution in [3.63, 3.8) is 0 Å². The van der Waals surface area contributed by atoms with Gasteiger partial charge in [0.05, 0.1) is 0 Å². The van der Waals surface area contributed by atoms with E-state index in [0.717, 1.165) is 13.0 Å². The summed E-state index contributed by atoms with van der Waals surface area (Å²) in [6.07, 6.45) is 1.07. The number of hydrogen-bond donors (Lipinski definition) is 1. The second kappa shape index (κ2) is 7.08. The van der Waals surface area contributed by atoms with Crippen molar-refractivity contribution in [2.45, 2.75) is 45.6 Å². The lowest BCUT2D eigenvalue weighted by atomic mass is 9.92. The minimum Gasteiger partial charge on any atom is -0.311 e. The van der Waals surface area contributed by atoms with Gasteiger partial charge in [-0.3, -0.25) is 0 Å². The number of nitrogens with one attached hydrogen (secondary N) is 1. The zero-order valence-corrected chi connectivity index (χ0v) is 15.6. The monoisotopic (exact) mass is 365 g/mol. The fourth-order valence-corrected chi connectivity index (χ4v) is 3.95. The molecule has 0 saturated heterocycles. The van der Waals surface area contributed by atoms with Crippen molar-refractivity contribution in [1.29, 1.82) is 0 Å². The molecule has 0 spiro atoms. The van der Waals surface area contributed by atoms with Gasteiger partial charge in [0.15, 0.2) is 0 Å². The first-order chi connectivity index (χ1) is 9.85. The van der Waals surface area contributed by atoms with E-state index in [0.29, 0.717) is 5.92 Å². The van der Waals surface area contributed by atoms with Crippen LogP contribution in [0.15, 0.2) is 40.2 Å². The Labute approximate surface area is 140 Å². The van der Waals surface area contributed by atoms with Gasteiger partial charge in [0.2, 0.25) is 0 Å². The van der Waals surface area contributed by atoms with Gasteiger partial charge in [-0.05, 0) is 67.1 Å². The molecule has 0 aliphatic rings. The molecule has 3 heteroatoms.